The second kappa shape index (κ2) is 18.9. The zero-order valence-electron chi connectivity index (χ0n) is 32.5. The number of rotatable bonds is 18. The van der Waals surface area contributed by atoms with E-state index in [1.165, 1.54) is 50.2 Å². The van der Waals surface area contributed by atoms with E-state index < -0.39 is 55.6 Å². The summed E-state index contributed by atoms with van der Waals surface area (Å²) >= 11 is -2.88. The third-order valence-corrected chi connectivity index (χ3v) is 11.1. The SMILES string of the molecule is CCCNS(=O)(=O)c1cc(N=Nc2c(C)c(NC=O)c(=O)n(CC)c2O)ccc1-c1ccc(N=Nc2c(C)c(C(N)=O)c(=O)n(CC)c2O)cc1N(CCC)S(=O)[O-]. The number of pyridine rings is 2. The molecule has 6 N–H and O–H groups in total. The quantitative estimate of drug-likeness (QED) is 0.0511. The molecule has 1 atom stereocenters. The molecule has 2 amide bonds. The summed E-state index contributed by atoms with van der Waals surface area (Å²) in [7, 11) is -4.32. The van der Waals surface area contributed by atoms with E-state index in [0.717, 1.165) is 13.4 Å². The maximum Gasteiger partial charge on any atom is 0.277 e. The first-order chi connectivity index (χ1) is 27.5. The van der Waals surface area contributed by atoms with Gasteiger partial charge in [-0.15, -0.1) is 10.2 Å². The number of primary amides is 1. The van der Waals surface area contributed by atoms with Crippen molar-refractivity contribution in [2.24, 2.45) is 26.2 Å². The molecular weight excluding hydrogens is 797 g/mol. The number of carbonyl (C=O) groups excluding carboxylic acids is 2. The van der Waals surface area contributed by atoms with E-state index in [2.05, 4.69) is 30.5 Å². The average Bonchev–Trinajstić information content (AvgIpc) is 3.17. The number of nitrogens with zero attached hydrogens (tertiary/aromatic N) is 7. The van der Waals surface area contributed by atoms with Gasteiger partial charge in [-0.3, -0.25) is 32.5 Å². The fourth-order valence-electron chi connectivity index (χ4n) is 6.00. The van der Waals surface area contributed by atoms with E-state index in [-0.39, 0.29) is 87.5 Å². The fourth-order valence-corrected chi connectivity index (χ4v) is 8.01. The van der Waals surface area contributed by atoms with E-state index in [1.807, 2.05) is 0 Å². The zero-order valence-corrected chi connectivity index (χ0v) is 34.1. The van der Waals surface area contributed by atoms with E-state index in [0.29, 0.717) is 19.3 Å². The number of hydrogen-bond acceptors (Lipinski definition) is 14. The standard InChI is InChI=1S/C36H44N10O10S2/c1-7-15-39-58(55,56)27-18-23(41-43-31-21(6)29(38-19-47)34(50)45(10-4)36(31)52)12-14-25(27)24-13-11-22(17-26(24)46(16-8-2)57(53)54)40-42-30-20(5)28(32(37)48)33(49)44(9-3)35(30)51/h11-14,17-19,39,51-52H,7-10,15-16H2,1-6H3,(H2,37,48)(H,38,47)(H,53,54)/p-1. The first-order valence-electron chi connectivity index (χ1n) is 17.9. The predicted octanol–water partition coefficient (Wildman–Crippen LogP) is 4.94. The summed E-state index contributed by atoms with van der Waals surface area (Å²) in [6.45, 7) is 9.48. The van der Waals surface area contributed by atoms with E-state index in [1.54, 1.807) is 27.7 Å². The minimum Gasteiger partial charge on any atom is -0.755 e. The molecule has 0 radical (unpaired) electrons. The highest BCUT2D eigenvalue weighted by molar-refractivity contribution is 7.89. The molecular formula is C36H43N10O10S2-. The number of nitrogens with two attached hydrogens (primary N) is 1. The largest absolute Gasteiger partial charge is 0.755 e. The van der Waals surface area contributed by atoms with Crippen molar-refractivity contribution in [3.8, 4) is 22.9 Å². The van der Waals surface area contributed by atoms with Gasteiger partial charge in [-0.1, -0.05) is 26.0 Å². The molecule has 4 aromatic rings. The summed E-state index contributed by atoms with van der Waals surface area (Å²) in [5.74, 6) is -2.15. The van der Waals surface area contributed by atoms with E-state index in [4.69, 9.17) is 5.73 Å². The second-order valence-electron chi connectivity index (χ2n) is 12.6. The first kappa shape index (κ1) is 44.6. The number of sulfonamides is 1. The molecule has 22 heteroatoms. The van der Waals surface area contributed by atoms with Crippen LogP contribution in [0.4, 0.5) is 34.1 Å². The average molecular weight is 840 g/mol. The molecule has 0 spiro atoms. The van der Waals surface area contributed by atoms with Crippen LogP contribution in [-0.2, 0) is 39.2 Å². The van der Waals surface area contributed by atoms with Crippen LogP contribution in [0.25, 0.3) is 11.1 Å². The van der Waals surface area contributed by atoms with Crippen LogP contribution in [-0.4, -0.2) is 61.9 Å². The molecule has 0 aliphatic heterocycles. The van der Waals surface area contributed by atoms with Crippen molar-refractivity contribution in [3.63, 3.8) is 0 Å². The Morgan fingerprint density at radius 1 is 0.879 bits per heavy atom. The van der Waals surface area contributed by atoms with Crippen molar-refractivity contribution in [1.82, 2.24) is 13.9 Å². The lowest BCUT2D eigenvalue weighted by Gasteiger charge is -2.29. The Bertz CT molecular complexity index is 2570. The summed E-state index contributed by atoms with van der Waals surface area (Å²) in [5.41, 5.74) is 3.34. The van der Waals surface area contributed by atoms with Crippen molar-refractivity contribution in [1.29, 1.82) is 0 Å². The maximum absolute atomic E-state index is 13.9. The molecule has 2 heterocycles. The summed E-state index contributed by atoms with van der Waals surface area (Å²) in [5, 5.41) is 40.6. The summed E-state index contributed by atoms with van der Waals surface area (Å²) in [4.78, 5) is 48.6. The molecule has 310 valence electrons. The van der Waals surface area contributed by atoms with Crippen molar-refractivity contribution in [2.45, 2.75) is 72.4 Å². The van der Waals surface area contributed by atoms with Gasteiger partial charge in [-0.2, -0.15) is 10.2 Å². The number of nitrogens with one attached hydrogen (secondary N) is 2. The Balaban J connectivity index is 1.98. The molecule has 2 aromatic carbocycles. The molecule has 20 nitrogen and oxygen atoms in total. The zero-order chi connectivity index (χ0) is 43.1. The van der Waals surface area contributed by atoms with Gasteiger partial charge in [0.2, 0.25) is 28.2 Å². The predicted molar refractivity (Wildman–Crippen MR) is 216 cm³/mol. The van der Waals surface area contributed by atoms with Crippen LogP contribution in [0, 0.1) is 13.8 Å². The molecule has 0 aliphatic carbocycles. The Morgan fingerprint density at radius 2 is 1.43 bits per heavy atom. The number of hydrogen-bond donors (Lipinski definition) is 5. The molecule has 58 heavy (non-hydrogen) atoms. The van der Waals surface area contributed by atoms with Gasteiger partial charge < -0.3 is 30.1 Å². The highest BCUT2D eigenvalue weighted by Gasteiger charge is 2.25. The Labute approximate surface area is 335 Å². The summed E-state index contributed by atoms with van der Waals surface area (Å²) in [6, 6.07) is 8.19. The second-order valence-corrected chi connectivity index (χ2v) is 15.2. The van der Waals surface area contributed by atoms with Gasteiger partial charge in [-0.05, 0) is 64.8 Å². The van der Waals surface area contributed by atoms with Crippen molar-refractivity contribution in [2.75, 3.05) is 22.7 Å². The molecule has 0 aliphatic rings. The summed E-state index contributed by atoms with van der Waals surface area (Å²) in [6.07, 6.45) is 1.09. The maximum atomic E-state index is 13.9. The van der Waals surface area contributed by atoms with Gasteiger partial charge in [0, 0.05) is 59.7 Å². The number of azo groups is 2. The van der Waals surface area contributed by atoms with Crippen LogP contribution < -0.4 is 31.2 Å². The Kier molecular flexibility index (Phi) is 14.5. The van der Waals surface area contributed by atoms with Crippen molar-refractivity contribution >= 4 is 67.7 Å². The van der Waals surface area contributed by atoms with Crippen LogP contribution in [0.2, 0.25) is 0 Å². The van der Waals surface area contributed by atoms with Gasteiger partial charge in [0.25, 0.3) is 17.0 Å². The van der Waals surface area contributed by atoms with Crippen LogP contribution >= 0.6 is 0 Å². The van der Waals surface area contributed by atoms with Crippen LogP contribution in [0.1, 0.15) is 62.0 Å². The van der Waals surface area contributed by atoms with E-state index in [9.17, 15) is 46.6 Å². The lowest BCUT2D eigenvalue weighted by atomic mass is 10.0. The number of aromatic nitrogens is 2. The van der Waals surface area contributed by atoms with Crippen LogP contribution in [0.5, 0.6) is 11.8 Å². The number of anilines is 2. The highest BCUT2D eigenvalue weighted by Crippen LogP contribution is 2.41. The molecule has 0 fully saturated rings. The van der Waals surface area contributed by atoms with Gasteiger partial charge in [0.1, 0.15) is 16.9 Å². The molecule has 2 aromatic heterocycles. The fraction of sp³-hybridized carbons (Fsp3) is 0.333. The van der Waals surface area contributed by atoms with Crippen molar-refractivity contribution < 1.29 is 37.0 Å². The molecule has 0 bridgehead atoms. The Hall–Kier alpha value is -6.10. The minimum absolute atomic E-state index is 0.00262. The topological polar surface area (TPSA) is 296 Å². The molecule has 1 unspecified atom stereocenters. The number of amides is 2. The number of aromatic hydroxyl groups is 2. The molecule has 4 rings (SSSR count). The molecule has 0 saturated carbocycles. The lowest BCUT2D eigenvalue weighted by Crippen LogP contribution is -2.30. The normalized spacial score (nSPS) is 12.3. The third-order valence-electron chi connectivity index (χ3n) is 8.87. The third kappa shape index (κ3) is 9.04. The van der Waals surface area contributed by atoms with Gasteiger partial charge in [0.15, 0.2) is 5.69 Å². The lowest BCUT2D eigenvalue weighted by molar-refractivity contribution is -0.105. The monoisotopic (exact) mass is 839 g/mol. The van der Waals surface area contributed by atoms with Gasteiger partial charge in [-0.25, -0.2) is 13.1 Å². The highest BCUT2D eigenvalue weighted by atomic mass is 32.2. The number of benzene rings is 2. The summed E-state index contributed by atoms with van der Waals surface area (Å²) < 4.78 is 58.5. The van der Waals surface area contributed by atoms with Crippen LogP contribution in [0.3, 0.4) is 0 Å². The van der Waals surface area contributed by atoms with Crippen molar-refractivity contribution in [3.05, 3.63) is 73.8 Å². The van der Waals surface area contributed by atoms with Gasteiger partial charge in [0.05, 0.1) is 22.0 Å². The minimum atomic E-state index is -4.32. The molecule has 0 saturated heterocycles. The van der Waals surface area contributed by atoms with Gasteiger partial charge >= 0.3 is 0 Å². The smallest absolute Gasteiger partial charge is 0.277 e. The Morgan fingerprint density at radius 3 is 1.95 bits per heavy atom. The number of carbonyl (C=O) groups is 2. The first-order valence-corrected chi connectivity index (χ1v) is 20.4. The van der Waals surface area contributed by atoms with E-state index >= 15 is 0 Å². The van der Waals surface area contributed by atoms with Crippen LogP contribution in [0.15, 0.2) is 71.3 Å².